The summed E-state index contributed by atoms with van der Waals surface area (Å²) in [5, 5.41) is 0. The van der Waals surface area contributed by atoms with E-state index in [9.17, 15) is 4.79 Å². The monoisotopic (exact) mass is 357 g/mol. The average Bonchev–Trinajstić information content (AvgIpc) is 3.02. The normalized spacial score (nSPS) is 14.2. The van der Waals surface area contributed by atoms with Crippen molar-refractivity contribution in [2.24, 2.45) is 0 Å². The summed E-state index contributed by atoms with van der Waals surface area (Å²) in [6.45, 7) is 4.75. The van der Waals surface area contributed by atoms with E-state index < -0.39 is 0 Å². The number of nitrogens with zero attached hydrogens (tertiary/aromatic N) is 3. The van der Waals surface area contributed by atoms with E-state index in [1.54, 1.807) is 12.0 Å². The van der Waals surface area contributed by atoms with Gasteiger partial charge in [-0.3, -0.25) is 4.79 Å². The van der Waals surface area contributed by atoms with E-state index in [2.05, 4.69) is 9.97 Å². The van der Waals surface area contributed by atoms with Crippen LogP contribution in [0, 0.1) is 0 Å². The minimum absolute atomic E-state index is 0.0712. The lowest BCUT2D eigenvalue weighted by atomic mass is 10.0. The zero-order valence-electron chi connectivity index (χ0n) is 15.2. The number of hydrogen-bond acceptors (Lipinski definition) is 7. The van der Waals surface area contributed by atoms with Gasteiger partial charge in [0.2, 0.25) is 11.9 Å². The molecule has 1 aliphatic rings. The van der Waals surface area contributed by atoms with Gasteiger partial charge in [0.25, 0.3) is 0 Å². The van der Waals surface area contributed by atoms with Gasteiger partial charge in [-0.2, -0.15) is 4.98 Å². The van der Waals surface area contributed by atoms with Crippen LogP contribution in [0.1, 0.15) is 38.2 Å². The van der Waals surface area contributed by atoms with E-state index in [-0.39, 0.29) is 23.6 Å². The summed E-state index contributed by atoms with van der Waals surface area (Å²) in [5.74, 6) is 2.00. The van der Waals surface area contributed by atoms with Gasteiger partial charge < -0.3 is 25.8 Å². The van der Waals surface area contributed by atoms with Gasteiger partial charge in [0.15, 0.2) is 11.6 Å². The molecule has 3 rings (SSSR count). The largest absolute Gasteiger partial charge is 0.495 e. The molecule has 26 heavy (non-hydrogen) atoms. The van der Waals surface area contributed by atoms with Crippen LogP contribution in [0.4, 0.5) is 17.5 Å². The topological polar surface area (TPSA) is 117 Å². The quantitative estimate of drug-likeness (QED) is 0.845. The van der Waals surface area contributed by atoms with Crippen molar-refractivity contribution in [1.29, 1.82) is 0 Å². The zero-order chi connectivity index (χ0) is 18.8. The summed E-state index contributed by atoms with van der Waals surface area (Å²) >= 11 is 0. The lowest BCUT2D eigenvalue weighted by molar-refractivity contribution is -0.117. The Labute approximate surface area is 152 Å². The Kier molecular flexibility index (Phi) is 4.83. The van der Waals surface area contributed by atoms with Crippen molar-refractivity contribution in [2.45, 2.75) is 32.6 Å². The van der Waals surface area contributed by atoms with Crippen LogP contribution in [-0.2, 0) is 4.79 Å². The van der Waals surface area contributed by atoms with Crippen molar-refractivity contribution in [3.8, 4) is 17.2 Å². The molecule has 1 fully saturated rings. The minimum Gasteiger partial charge on any atom is -0.495 e. The van der Waals surface area contributed by atoms with Crippen molar-refractivity contribution in [2.75, 3.05) is 30.0 Å². The van der Waals surface area contributed by atoms with Gasteiger partial charge in [0, 0.05) is 24.6 Å². The van der Waals surface area contributed by atoms with Crippen molar-refractivity contribution >= 4 is 23.4 Å². The summed E-state index contributed by atoms with van der Waals surface area (Å²) < 4.78 is 11.5. The molecular weight excluding hydrogens is 334 g/mol. The number of carbonyl (C=O) groups is 1. The Morgan fingerprint density at radius 2 is 1.96 bits per heavy atom. The lowest BCUT2D eigenvalue weighted by Crippen LogP contribution is -2.24. The standard InChI is InChI=1S/C18H23N5O3/c1-10(2)11-7-14(25-3)12(23-6-4-5-16(23)24)8-13(11)26-15-9-21-18(20)22-17(15)19/h7-10H,4-6H2,1-3H3,(H4,19,20,21,22). The van der Waals surface area contributed by atoms with Crippen LogP contribution in [0.5, 0.6) is 17.2 Å². The van der Waals surface area contributed by atoms with Gasteiger partial charge in [-0.1, -0.05) is 13.8 Å². The number of ether oxygens (including phenoxy) is 2. The highest BCUT2D eigenvalue weighted by Gasteiger charge is 2.27. The molecule has 0 atom stereocenters. The van der Waals surface area contributed by atoms with Crippen molar-refractivity contribution < 1.29 is 14.3 Å². The van der Waals surface area contributed by atoms with Gasteiger partial charge in [-0.25, -0.2) is 4.98 Å². The number of benzene rings is 1. The predicted molar refractivity (Wildman–Crippen MR) is 99.6 cm³/mol. The van der Waals surface area contributed by atoms with E-state index in [1.807, 2.05) is 26.0 Å². The van der Waals surface area contributed by atoms with Gasteiger partial charge in [0.05, 0.1) is 19.0 Å². The first kappa shape index (κ1) is 17.8. The number of nitrogens with two attached hydrogens (primary N) is 2. The highest BCUT2D eigenvalue weighted by molar-refractivity contribution is 5.97. The second kappa shape index (κ2) is 7.07. The van der Waals surface area contributed by atoms with Crippen LogP contribution in [0.25, 0.3) is 0 Å². The molecule has 8 heteroatoms. The molecular formula is C18H23N5O3. The van der Waals surface area contributed by atoms with Crippen molar-refractivity contribution in [1.82, 2.24) is 9.97 Å². The first-order chi connectivity index (χ1) is 12.4. The second-order valence-corrected chi connectivity index (χ2v) is 6.45. The van der Waals surface area contributed by atoms with E-state index in [0.29, 0.717) is 35.9 Å². The average molecular weight is 357 g/mol. The first-order valence-electron chi connectivity index (χ1n) is 8.48. The van der Waals surface area contributed by atoms with Crippen LogP contribution < -0.4 is 25.8 Å². The van der Waals surface area contributed by atoms with Gasteiger partial charge >= 0.3 is 0 Å². The highest BCUT2D eigenvalue weighted by Crippen LogP contribution is 2.42. The molecule has 138 valence electrons. The molecule has 2 aromatic rings. The summed E-state index contributed by atoms with van der Waals surface area (Å²) in [5.41, 5.74) is 13.0. The molecule has 8 nitrogen and oxygen atoms in total. The van der Waals surface area contributed by atoms with E-state index in [4.69, 9.17) is 20.9 Å². The van der Waals surface area contributed by atoms with Crippen molar-refractivity contribution in [3.63, 3.8) is 0 Å². The van der Waals surface area contributed by atoms with Crippen molar-refractivity contribution in [3.05, 3.63) is 23.9 Å². The summed E-state index contributed by atoms with van der Waals surface area (Å²) in [6, 6.07) is 3.71. The Balaban J connectivity index is 2.08. The fraction of sp³-hybridized carbons (Fsp3) is 0.389. The maximum atomic E-state index is 12.2. The van der Waals surface area contributed by atoms with E-state index >= 15 is 0 Å². The van der Waals surface area contributed by atoms with E-state index in [1.165, 1.54) is 6.20 Å². The van der Waals surface area contributed by atoms with E-state index in [0.717, 1.165) is 12.0 Å². The number of hydrogen-bond donors (Lipinski definition) is 2. The molecule has 2 heterocycles. The molecule has 0 aliphatic carbocycles. The molecule has 1 saturated heterocycles. The Bertz CT molecular complexity index is 838. The number of rotatable bonds is 5. The second-order valence-electron chi connectivity index (χ2n) is 6.45. The molecule has 0 unspecified atom stereocenters. The molecule has 0 radical (unpaired) electrons. The minimum atomic E-state index is 0.0712. The molecule has 0 spiro atoms. The number of nitrogen functional groups attached to an aromatic ring is 2. The Hall–Kier alpha value is -3.03. The Morgan fingerprint density at radius 3 is 2.54 bits per heavy atom. The van der Waals surface area contributed by atoms with Gasteiger partial charge in [-0.05, 0) is 18.4 Å². The third-order valence-corrected chi connectivity index (χ3v) is 4.32. The summed E-state index contributed by atoms with van der Waals surface area (Å²) in [7, 11) is 1.59. The molecule has 0 saturated carbocycles. The number of amides is 1. The van der Waals surface area contributed by atoms with Crippen LogP contribution >= 0.6 is 0 Å². The Morgan fingerprint density at radius 1 is 1.19 bits per heavy atom. The smallest absolute Gasteiger partial charge is 0.227 e. The fourth-order valence-electron chi connectivity index (χ4n) is 2.98. The predicted octanol–water partition coefficient (Wildman–Crippen LogP) is 2.69. The number of aromatic nitrogens is 2. The van der Waals surface area contributed by atoms with Crippen LogP contribution in [0.15, 0.2) is 18.3 Å². The van der Waals surface area contributed by atoms with Crippen LogP contribution in [0.2, 0.25) is 0 Å². The third-order valence-electron chi connectivity index (χ3n) is 4.32. The molecule has 0 bridgehead atoms. The number of methoxy groups -OCH3 is 1. The molecule has 1 aromatic carbocycles. The zero-order valence-corrected chi connectivity index (χ0v) is 15.2. The maximum Gasteiger partial charge on any atom is 0.227 e. The first-order valence-corrected chi connectivity index (χ1v) is 8.48. The van der Waals surface area contributed by atoms with Gasteiger partial charge in [0.1, 0.15) is 11.5 Å². The van der Waals surface area contributed by atoms with Gasteiger partial charge in [-0.15, -0.1) is 0 Å². The van der Waals surface area contributed by atoms with Crippen LogP contribution in [0.3, 0.4) is 0 Å². The molecule has 1 amide bonds. The maximum absolute atomic E-state index is 12.2. The third kappa shape index (κ3) is 3.35. The number of carbonyl (C=O) groups excluding carboxylic acids is 1. The SMILES string of the molecule is COc1cc(C(C)C)c(Oc2cnc(N)nc2N)cc1N1CCCC1=O. The number of anilines is 3. The molecule has 1 aliphatic heterocycles. The van der Waals surface area contributed by atoms with Crippen LogP contribution in [-0.4, -0.2) is 29.5 Å². The highest BCUT2D eigenvalue weighted by atomic mass is 16.5. The molecule has 4 N–H and O–H groups in total. The lowest BCUT2D eigenvalue weighted by Gasteiger charge is -2.23. The summed E-state index contributed by atoms with van der Waals surface area (Å²) in [6.07, 6.45) is 2.79. The summed E-state index contributed by atoms with van der Waals surface area (Å²) in [4.78, 5) is 21.8. The fourth-order valence-corrected chi connectivity index (χ4v) is 2.98. The molecule has 1 aromatic heterocycles.